The Bertz CT molecular complexity index is 1110. The van der Waals surface area contributed by atoms with Gasteiger partial charge in [0.15, 0.2) is 0 Å². The van der Waals surface area contributed by atoms with Crippen molar-refractivity contribution in [3.63, 3.8) is 0 Å². The van der Waals surface area contributed by atoms with Crippen molar-refractivity contribution in [2.45, 2.75) is 15.8 Å². The van der Waals surface area contributed by atoms with Gasteiger partial charge in [-0.15, -0.1) is 11.8 Å². The topological polar surface area (TPSA) is 80.5 Å². The highest BCUT2D eigenvalue weighted by Gasteiger charge is 2.37. The average molecular weight is 411 g/mol. The molecule has 142 valence electrons. The van der Waals surface area contributed by atoms with Crippen molar-refractivity contribution in [1.82, 2.24) is 0 Å². The number of carbonyl (C=O) groups excluding carboxylic acids is 1. The van der Waals surface area contributed by atoms with E-state index in [9.17, 15) is 13.2 Å². The first kappa shape index (κ1) is 18.6. The van der Waals surface area contributed by atoms with Crippen LogP contribution in [0, 0.1) is 0 Å². The molecule has 0 saturated heterocycles. The van der Waals surface area contributed by atoms with Crippen LogP contribution in [-0.4, -0.2) is 20.1 Å². The van der Waals surface area contributed by atoms with E-state index in [1.54, 1.807) is 11.8 Å². The number of hydrogen-bond donors (Lipinski definition) is 1. The quantitative estimate of drug-likeness (QED) is 0.709. The number of amides is 1. The summed E-state index contributed by atoms with van der Waals surface area (Å²) in [6.07, 6.45) is 0. The maximum absolute atomic E-state index is 13.6. The number of thioether (sulfide) groups is 1. The number of fused-ring (bicyclic) bond motifs is 1. The molecule has 1 atom stereocenters. The number of nitrogens with zero attached hydrogens (tertiary/aromatic N) is 1. The standard InChI is InChI=1S/C21H18N2O3S2/c22-21(24)16-10-12-17(13-11-16)28(25,26)23-18-8-4-5-9-20(18)27-14-19(23)15-6-2-1-3-7-15/h1-13,19H,14H2,(H2,22,24)/t19-/m0/s1. The van der Waals surface area contributed by atoms with Crippen molar-refractivity contribution in [2.75, 3.05) is 10.1 Å². The van der Waals surface area contributed by atoms with Gasteiger partial charge in [-0.25, -0.2) is 8.42 Å². The summed E-state index contributed by atoms with van der Waals surface area (Å²) in [7, 11) is -3.85. The van der Waals surface area contributed by atoms with Crippen LogP contribution in [0.1, 0.15) is 22.0 Å². The lowest BCUT2D eigenvalue weighted by Gasteiger charge is -2.37. The van der Waals surface area contributed by atoms with E-state index in [1.165, 1.54) is 28.6 Å². The van der Waals surface area contributed by atoms with E-state index in [-0.39, 0.29) is 16.5 Å². The molecule has 0 saturated carbocycles. The molecular formula is C21H18N2O3S2. The number of nitrogens with two attached hydrogens (primary N) is 1. The van der Waals surface area contributed by atoms with E-state index >= 15 is 0 Å². The molecule has 5 nitrogen and oxygen atoms in total. The molecule has 28 heavy (non-hydrogen) atoms. The Balaban J connectivity index is 1.85. The summed E-state index contributed by atoms with van der Waals surface area (Å²) in [5, 5.41) is 0. The van der Waals surface area contributed by atoms with E-state index in [1.807, 2.05) is 54.6 Å². The lowest BCUT2D eigenvalue weighted by molar-refractivity contribution is 0.1000. The summed E-state index contributed by atoms with van der Waals surface area (Å²) in [5.41, 5.74) is 7.14. The first-order chi connectivity index (χ1) is 13.5. The van der Waals surface area contributed by atoms with Crippen LogP contribution in [0.5, 0.6) is 0 Å². The molecule has 1 aliphatic rings. The van der Waals surface area contributed by atoms with Crippen molar-refractivity contribution in [2.24, 2.45) is 5.73 Å². The SMILES string of the molecule is NC(=O)c1ccc(S(=O)(=O)N2c3ccccc3SC[C@H]2c2ccccc2)cc1. The molecule has 3 aromatic carbocycles. The first-order valence-corrected chi connectivity index (χ1v) is 11.1. The zero-order chi connectivity index (χ0) is 19.7. The number of para-hydroxylation sites is 1. The van der Waals surface area contributed by atoms with Crippen LogP contribution < -0.4 is 10.0 Å². The average Bonchev–Trinajstić information content (AvgIpc) is 2.73. The van der Waals surface area contributed by atoms with Gasteiger partial charge < -0.3 is 5.73 Å². The minimum Gasteiger partial charge on any atom is -0.366 e. The predicted molar refractivity (Wildman–Crippen MR) is 111 cm³/mol. The highest BCUT2D eigenvalue weighted by atomic mass is 32.2. The van der Waals surface area contributed by atoms with Crippen LogP contribution in [0.2, 0.25) is 0 Å². The van der Waals surface area contributed by atoms with Gasteiger partial charge in [-0.3, -0.25) is 9.10 Å². The maximum Gasteiger partial charge on any atom is 0.264 e. The molecule has 3 aromatic rings. The Labute approximate surface area is 168 Å². The molecule has 1 heterocycles. The Morgan fingerprint density at radius 3 is 2.25 bits per heavy atom. The molecule has 7 heteroatoms. The summed E-state index contributed by atoms with van der Waals surface area (Å²) in [6.45, 7) is 0. The maximum atomic E-state index is 13.6. The molecule has 0 radical (unpaired) electrons. The van der Waals surface area contributed by atoms with Crippen molar-refractivity contribution >= 4 is 33.4 Å². The number of sulfonamides is 1. The molecule has 4 rings (SSSR count). The second kappa shape index (κ2) is 7.33. The van der Waals surface area contributed by atoms with Crippen LogP contribution in [0.3, 0.4) is 0 Å². The van der Waals surface area contributed by atoms with Gasteiger partial charge in [0.05, 0.1) is 16.6 Å². The van der Waals surface area contributed by atoms with Crippen molar-refractivity contribution in [3.8, 4) is 0 Å². The predicted octanol–water partition coefficient (Wildman–Crippen LogP) is 3.83. The second-order valence-corrected chi connectivity index (χ2v) is 9.27. The number of anilines is 1. The highest BCUT2D eigenvalue weighted by Crippen LogP contribution is 2.45. The van der Waals surface area contributed by atoms with Gasteiger partial charge in [-0.05, 0) is 42.0 Å². The molecule has 0 unspecified atom stereocenters. The largest absolute Gasteiger partial charge is 0.366 e. The minimum absolute atomic E-state index is 0.125. The molecule has 0 bridgehead atoms. The third-order valence-corrected chi connectivity index (χ3v) is 7.64. The third kappa shape index (κ3) is 3.27. The van der Waals surface area contributed by atoms with E-state index in [4.69, 9.17) is 5.73 Å². The number of benzene rings is 3. The zero-order valence-corrected chi connectivity index (χ0v) is 16.5. The number of rotatable bonds is 4. The summed E-state index contributed by atoms with van der Waals surface area (Å²) in [6, 6.07) is 22.5. The Hall–Kier alpha value is -2.77. The van der Waals surface area contributed by atoms with E-state index in [2.05, 4.69) is 0 Å². The number of carbonyl (C=O) groups is 1. The second-order valence-electron chi connectivity index (χ2n) is 6.39. The molecule has 2 N–H and O–H groups in total. The first-order valence-electron chi connectivity index (χ1n) is 8.69. The Morgan fingerprint density at radius 2 is 1.57 bits per heavy atom. The monoisotopic (exact) mass is 410 g/mol. The fraction of sp³-hybridized carbons (Fsp3) is 0.0952. The molecule has 0 aromatic heterocycles. The van der Waals surface area contributed by atoms with Crippen LogP contribution >= 0.6 is 11.8 Å². The summed E-state index contributed by atoms with van der Waals surface area (Å²) >= 11 is 1.65. The molecular weight excluding hydrogens is 392 g/mol. The molecule has 1 amide bonds. The summed E-state index contributed by atoms with van der Waals surface area (Å²) in [5.74, 6) is 0.0189. The normalized spacial score (nSPS) is 16.4. The molecule has 0 fully saturated rings. The molecule has 1 aliphatic heterocycles. The van der Waals surface area contributed by atoms with Crippen LogP contribution in [0.15, 0.2) is 88.7 Å². The summed E-state index contributed by atoms with van der Waals surface area (Å²) in [4.78, 5) is 12.4. The summed E-state index contributed by atoms with van der Waals surface area (Å²) < 4.78 is 28.7. The van der Waals surface area contributed by atoms with Gasteiger partial charge in [0.25, 0.3) is 10.0 Å². The van der Waals surface area contributed by atoms with Crippen LogP contribution in [0.25, 0.3) is 0 Å². The van der Waals surface area contributed by atoms with E-state index in [0.29, 0.717) is 11.4 Å². The Morgan fingerprint density at radius 1 is 0.929 bits per heavy atom. The fourth-order valence-electron chi connectivity index (χ4n) is 3.27. The third-order valence-electron chi connectivity index (χ3n) is 4.66. The molecule has 0 aliphatic carbocycles. The highest BCUT2D eigenvalue weighted by molar-refractivity contribution is 8.00. The van der Waals surface area contributed by atoms with E-state index in [0.717, 1.165) is 10.5 Å². The smallest absolute Gasteiger partial charge is 0.264 e. The lowest BCUT2D eigenvalue weighted by atomic mass is 10.1. The fourth-order valence-corrected chi connectivity index (χ4v) is 6.25. The van der Waals surface area contributed by atoms with Gasteiger partial charge in [-0.2, -0.15) is 0 Å². The van der Waals surface area contributed by atoms with Gasteiger partial charge in [0.2, 0.25) is 5.91 Å². The number of hydrogen-bond acceptors (Lipinski definition) is 4. The lowest BCUT2D eigenvalue weighted by Crippen LogP contribution is -2.38. The van der Waals surface area contributed by atoms with Crippen molar-refractivity contribution in [3.05, 3.63) is 90.0 Å². The van der Waals surface area contributed by atoms with Crippen molar-refractivity contribution < 1.29 is 13.2 Å². The van der Waals surface area contributed by atoms with Crippen LogP contribution in [-0.2, 0) is 10.0 Å². The van der Waals surface area contributed by atoms with Crippen LogP contribution in [0.4, 0.5) is 5.69 Å². The van der Waals surface area contributed by atoms with Crippen molar-refractivity contribution in [1.29, 1.82) is 0 Å². The van der Waals surface area contributed by atoms with Gasteiger partial charge in [-0.1, -0.05) is 42.5 Å². The minimum atomic E-state index is -3.85. The van der Waals surface area contributed by atoms with E-state index < -0.39 is 15.9 Å². The van der Waals surface area contributed by atoms with Gasteiger partial charge in [0.1, 0.15) is 0 Å². The van der Waals surface area contributed by atoms with Gasteiger partial charge in [0, 0.05) is 16.2 Å². The molecule has 0 spiro atoms. The zero-order valence-electron chi connectivity index (χ0n) is 14.9. The Kier molecular flexibility index (Phi) is 4.87. The number of primary amides is 1. The van der Waals surface area contributed by atoms with Gasteiger partial charge >= 0.3 is 0 Å².